The maximum Gasteiger partial charge on any atom is 0.329 e. The molecule has 0 saturated heterocycles. The molecule has 2 heterocycles. The van der Waals surface area contributed by atoms with Crippen LogP contribution in [0.3, 0.4) is 0 Å². The number of esters is 1. The highest BCUT2D eigenvalue weighted by Crippen LogP contribution is 2.18. The number of halogens is 1. The molecule has 5 rings (SSSR count). The van der Waals surface area contributed by atoms with E-state index in [1.54, 1.807) is 36.5 Å². The van der Waals surface area contributed by atoms with Gasteiger partial charge in [0.1, 0.15) is 12.6 Å². The predicted molar refractivity (Wildman–Crippen MR) is 143 cm³/mol. The first-order valence-electron chi connectivity index (χ1n) is 11.6. The lowest BCUT2D eigenvalue weighted by molar-refractivity contribution is -0.147. The molecule has 37 heavy (non-hydrogen) atoms. The van der Waals surface area contributed by atoms with Crippen LogP contribution < -0.4 is 10.9 Å². The largest absolute Gasteiger partial charge is 0.459 e. The molecule has 2 aromatic heterocycles. The topological polar surface area (TPSA) is 101 Å². The van der Waals surface area contributed by atoms with Crippen LogP contribution in [0, 0.1) is 0 Å². The summed E-state index contributed by atoms with van der Waals surface area (Å²) in [5, 5.41) is 4.97. The Morgan fingerprint density at radius 1 is 0.973 bits per heavy atom. The zero-order valence-electron chi connectivity index (χ0n) is 19.6. The molecule has 0 radical (unpaired) electrons. The number of nitrogens with one attached hydrogen (secondary N) is 2. The number of fused-ring (bicyclic) bond motifs is 2. The predicted octanol–water partition coefficient (Wildman–Crippen LogP) is 4.81. The standard InChI is InChI=1S/C29H22ClN3O4/c30-22-11-9-19(10-12-22)28(35)33-26(14-21-15-27(34)32-25-8-4-2-6-23(21)25)29(36)37-17-18-13-20-5-1-3-7-24(20)31-16-18/h1-13,15-16,26H,14,17H2,(H,32,34)(H,33,35). The van der Waals surface area contributed by atoms with Gasteiger partial charge in [-0.1, -0.05) is 48.0 Å². The molecule has 3 aromatic carbocycles. The second-order valence-corrected chi connectivity index (χ2v) is 9.02. The van der Waals surface area contributed by atoms with Gasteiger partial charge in [-0.15, -0.1) is 0 Å². The van der Waals surface area contributed by atoms with Gasteiger partial charge in [0, 0.05) is 51.1 Å². The zero-order chi connectivity index (χ0) is 25.8. The van der Waals surface area contributed by atoms with Crippen molar-refractivity contribution in [3.63, 3.8) is 0 Å². The molecular weight excluding hydrogens is 490 g/mol. The molecule has 7 nitrogen and oxygen atoms in total. The highest BCUT2D eigenvalue weighted by Gasteiger charge is 2.25. The number of aromatic amines is 1. The van der Waals surface area contributed by atoms with Gasteiger partial charge >= 0.3 is 5.97 Å². The number of aromatic nitrogens is 2. The lowest BCUT2D eigenvalue weighted by Crippen LogP contribution is -2.43. The number of carbonyl (C=O) groups excluding carboxylic acids is 2. The van der Waals surface area contributed by atoms with Crippen LogP contribution in [0.15, 0.2) is 95.9 Å². The maximum absolute atomic E-state index is 13.3. The number of H-pyrrole nitrogens is 1. The smallest absolute Gasteiger partial charge is 0.329 e. The summed E-state index contributed by atoms with van der Waals surface area (Å²) in [6, 6.07) is 23.6. The summed E-state index contributed by atoms with van der Waals surface area (Å²) in [5.74, 6) is -1.08. The number of hydrogen-bond acceptors (Lipinski definition) is 5. The fraction of sp³-hybridized carbons (Fsp3) is 0.103. The van der Waals surface area contributed by atoms with Crippen molar-refractivity contribution in [3.05, 3.63) is 123 Å². The fourth-order valence-electron chi connectivity index (χ4n) is 4.15. The van der Waals surface area contributed by atoms with Crippen molar-refractivity contribution in [1.82, 2.24) is 15.3 Å². The summed E-state index contributed by atoms with van der Waals surface area (Å²) in [7, 11) is 0. The SMILES string of the molecule is O=C(NC(Cc1cc(=O)[nH]c2ccccc12)C(=O)OCc1cnc2ccccc2c1)c1ccc(Cl)cc1. The van der Waals surface area contributed by atoms with E-state index < -0.39 is 17.9 Å². The lowest BCUT2D eigenvalue weighted by atomic mass is 10.0. The van der Waals surface area contributed by atoms with Crippen LogP contribution in [-0.4, -0.2) is 27.9 Å². The summed E-state index contributed by atoms with van der Waals surface area (Å²) in [4.78, 5) is 45.7. The first-order chi connectivity index (χ1) is 18.0. The van der Waals surface area contributed by atoms with Crippen molar-refractivity contribution < 1.29 is 14.3 Å². The number of ether oxygens (including phenoxy) is 1. The van der Waals surface area contributed by atoms with Crippen LogP contribution >= 0.6 is 11.6 Å². The molecule has 0 aliphatic rings. The van der Waals surface area contributed by atoms with Crippen molar-refractivity contribution >= 4 is 45.3 Å². The number of hydrogen-bond donors (Lipinski definition) is 2. The first kappa shape index (κ1) is 24.2. The molecule has 0 saturated carbocycles. The van der Waals surface area contributed by atoms with Gasteiger partial charge in [-0.2, -0.15) is 0 Å². The second kappa shape index (κ2) is 10.6. The Bertz CT molecular complexity index is 1660. The summed E-state index contributed by atoms with van der Waals surface area (Å²) in [6.07, 6.45) is 1.72. The molecular formula is C29H22ClN3O4. The van der Waals surface area contributed by atoms with Crippen LogP contribution in [0.5, 0.6) is 0 Å². The molecule has 184 valence electrons. The number of benzene rings is 3. The molecule has 1 unspecified atom stereocenters. The number of amides is 1. The van der Waals surface area contributed by atoms with E-state index in [-0.39, 0.29) is 18.6 Å². The highest BCUT2D eigenvalue weighted by molar-refractivity contribution is 6.30. The van der Waals surface area contributed by atoms with Crippen LogP contribution in [0.4, 0.5) is 0 Å². The molecule has 0 aliphatic heterocycles. The van der Waals surface area contributed by atoms with Crippen LogP contribution in [-0.2, 0) is 22.6 Å². The van der Waals surface area contributed by atoms with Gasteiger partial charge in [-0.3, -0.25) is 14.6 Å². The number of carbonyl (C=O) groups is 2. The number of pyridine rings is 2. The Balaban J connectivity index is 1.40. The summed E-state index contributed by atoms with van der Waals surface area (Å²) in [5.41, 5.74) is 2.86. The van der Waals surface area contributed by atoms with Crippen molar-refractivity contribution in [3.8, 4) is 0 Å². The minimum atomic E-state index is -1.04. The summed E-state index contributed by atoms with van der Waals surface area (Å²) >= 11 is 5.94. The highest BCUT2D eigenvalue weighted by atomic mass is 35.5. The van der Waals surface area contributed by atoms with E-state index in [0.29, 0.717) is 21.7 Å². The Morgan fingerprint density at radius 3 is 2.57 bits per heavy atom. The Hall–Kier alpha value is -4.49. The van der Waals surface area contributed by atoms with E-state index in [1.165, 1.54) is 6.07 Å². The maximum atomic E-state index is 13.3. The van der Waals surface area contributed by atoms with Crippen LogP contribution in [0.25, 0.3) is 21.8 Å². The van der Waals surface area contributed by atoms with Crippen molar-refractivity contribution in [2.75, 3.05) is 0 Å². The monoisotopic (exact) mass is 511 g/mol. The molecule has 0 spiro atoms. The molecule has 0 bridgehead atoms. The quantitative estimate of drug-likeness (QED) is 0.305. The average molecular weight is 512 g/mol. The van der Waals surface area contributed by atoms with Crippen molar-refractivity contribution in [2.45, 2.75) is 19.1 Å². The number of nitrogens with zero attached hydrogens (tertiary/aromatic N) is 1. The second-order valence-electron chi connectivity index (χ2n) is 8.59. The first-order valence-corrected chi connectivity index (χ1v) is 12.0. The third kappa shape index (κ3) is 5.68. The molecule has 8 heteroatoms. The van der Waals surface area contributed by atoms with Crippen LogP contribution in [0.1, 0.15) is 21.5 Å². The lowest BCUT2D eigenvalue weighted by Gasteiger charge is -2.19. The fourth-order valence-corrected chi connectivity index (χ4v) is 4.28. The summed E-state index contributed by atoms with van der Waals surface area (Å²) < 4.78 is 5.61. The number of rotatable bonds is 7. The van der Waals surface area contributed by atoms with E-state index >= 15 is 0 Å². The zero-order valence-corrected chi connectivity index (χ0v) is 20.4. The molecule has 0 aliphatic carbocycles. The van der Waals surface area contributed by atoms with Gasteiger partial charge in [0.05, 0.1) is 5.52 Å². The van der Waals surface area contributed by atoms with E-state index in [0.717, 1.165) is 21.9 Å². The van der Waals surface area contributed by atoms with Gasteiger partial charge < -0.3 is 15.0 Å². The van der Waals surface area contributed by atoms with Gasteiger partial charge in [-0.05, 0) is 48.0 Å². The van der Waals surface area contributed by atoms with Gasteiger partial charge in [0.2, 0.25) is 5.56 Å². The normalized spacial score (nSPS) is 11.8. The third-order valence-corrected chi connectivity index (χ3v) is 6.24. The van der Waals surface area contributed by atoms with Gasteiger partial charge in [0.25, 0.3) is 5.91 Å². The van der Waals surface area contributed by atoms with Crippen molar-refractivity contribution in [1.29, 1.82) is 0 Å². The third-order valence-electron chi connectivity index (χ3n) is 5.98. The van der Waals surface area contributed by atoms with E-state index in [1.807, 2.05) is 48.5 Å². The van der Waals surface area contributed by atoms with Crippen LogP contribution in [0.2, 0.25) is 5.02 Å². The summed E-state index contributed by atoms with van der Waals surface area (Å²) in [6.45, 7) is -0.0138. The molecule has 1 amide bonds. The molecule has 5 aromatic rings. The average Bonchev–Trinajstić information content (AvgIpc) is 2.91. The van der Waals surface area contributed by atoms with E-state index in [9.17, 15) is 14.4 Å². The minimum absolute atomic E-state index is 0.0138. The molecule has 2 N–H and O–H groups in total. The molecule has 0 fully saturated rings. The molecule has 1 atom stereocenters. The minimum Gasteiger partial charge on any atom is -0.459 e. The van der Waals surface area contributed by atoms with E-state index in [4.69, 9.17) is 16.3 Å². The van der Waals surface area contributed by atoms with E-state index in [2.05, 4.69) is 15.3 Å². The Morgan fingerprint density at radius 2 is 1.73 bits per heavy atom. The Kier molecular flexibility index (Phi) is 6.96. The van der Waals surface area contributed by atoms with Gasteiger partial charge in [0.15, 0.2) is 0 Å². The number of para-hydroxylation sites is 2. The van der Waals surface area contributed by atoms with Gasteiger partial charge in [-0.25, -0.2) is 4.79 Å². The Labute approximate surface area is 217 Å². The van der Waals surface area contributed by atoms with Crippen molar-refractivity contribution in [2.24, 2.45) is 0 Å².